The second kappa shape index (κ2) is 19.8. The molecule has 4 heteroatoms. The summed E-state index contributed by atoms with van der Waals surface area (Å²) in [7, 11) is 0. The smallest absolute Gasteiger partial charge is 0.333 e. The van der Waals surface area contributed by atoms with Gasteiger partial charge in [-0.15, -0.1) is 0 Å². The summed E-state index contributed by atoms with van der Waals surface area (Å²) in [5.74, 6) is 0.562. The summed E-state index contributed by atoms with van der Waals surface area (Å²) in [5, 5.41) is 0. The van der Waals surface area contributed by atoms with Crippen LogP contribution in [-0.4, -0.2) is 35.1 Å². The van der Waals surface area contributed by atoms with E-state index >= 15 is 0 Å². The molecule has 0 aromatic heterocycles. The van der Waals surface area contributed by atoms with E-state index in [1.165, 1.54) is 95.5 Å². The summed E-state index contributed by atoms with van der Waals surface area (Å²) in [4.78, 5) is 16.5. The highest BCUT2D eigenvalue weighted by Gasteiger charge is 2.26. The molecule has 0 radical (unpaired) electrons. The summed E-state index contributed by atoms with van der Waals surface area (Å²) in [6.07, 6.45) is 25.2. The fourth-order valence-corrected chi connectivity index (χ4v) is 5.26. The van der Waals surface area contributed by atoms with Gasteiger partial charge in [-0.25, -0.2) is 4.79 Å². The first-order chi connectivity index (χ1) is 18.5. The largest absolute Gasteiger partial charge is 0.460 e. The summed E-state index contributed by atoms with van der Waals surface area (Å²) < 4.78 is 5.37. The zero-order valence-corrected chi connectivity index (χ0v) is 24.8. The van der Waals surface area contributed by atoms with E-state index < -0.39 is 0 Å². The molecular formula is C34H56N2O2. The second-order valence-electron chi connectivity index (χ2n) is 11.7. The molecule has 1 atom stereocenters. The Kier molecular flexibility index (Phi) is 16.7. The predicted octanol–water partition coefficient (Wildman–Crippen LogP) is 9.23. The summed E-state index contributed by atoms with van der Waals surface area (Å²) in [5.41, 5.74) is 1.78. The molecule has 0 aliphatic carbocycles. The van der Waals surface area contributed by atoms with Crippen molar-refractivity contribution in [3.8, 4) is 0 Å². The highest BCUT2D eigenvalue weighted by Crippen LogP contribution is 2.24. The van der Waals surface area contributed by atoms with Crippen LogP contribution in [0.25, 0.3) is 0 Å². The number of hydrogen-bond donors (Lipinski definition) is 0. The van der Waals surface area contributed by atoms with Gasteiger partial charge in [-0.2, -0.15) is 0 Å². The molecule has 0 N–H and O–H groups in total. The monoisotopic (exact) mass is 524 g/mol. The molecule has 0 fully saturated rings. The zero-order valence-electron chi connectivity index (χ0n) is 24.8. The minimum absolute atomic E-state index is 0.303. The van der Waals surface area contributed by atoms with Crippen LogP contribution in [0.15, 0.2) is 54.9 Å². The van der Waals surface area contributed by atoms with Crippen LogP contribution in [0.4, 0.5) is 0 Å². The van der Waals surface area contributed by atoms with Gasteiger partial charge in [0.2, 0.25) is 0 Å². The highest BCUT2D eigenvalue weighted by molar-refractivity contribution is 5.86. The number of ether oxygens (including phenoxy) is 1. The molecule has 214 valence electrons. The van der Waals surface area contributed by atoms with Crippen LogP contribution in [0, 0.1) is 5.92 Å². The van der Waals surface area contributed by atoms with Gasteiger partial charge in [0.1, 0.15) is 12.8 Å². The first-order valence-corrected chi connectivity index (χ1v) is 15.5. The van der Waals surface area contributed by atoms with Crippen LogP contribution in [0.3, 0.4) is 0 Å². The van der Waals surface area contributed by atoms with Crippen LogP contribution in [0.5, 0.6) is 0 Å². The Hall–Kier alpha value is -2.23. The van der Waals surface area contributed by atoms with Crippen LogP contribution in [0.2, 0.25) is 0 Å². The Morgan fingerprint density at radius 3 is 1.89 bits per heavy atom. The molecular weight excluding hydrogens is 468 g/mol. The first-order valence-electron chi connectivity index (χ1n) is 15.5. The standard InChI is InChI=1S/C34H56N2O2/c1-30(2)21-17-14-12-10-8-6-5-7-9-11-13-15-20-24-33-35(27-28-38-34(37)31(3)4)25-26-36(33)29-32-22-18-16-19-23-32/h16,18-19,22-23,25-26,30,33H,3,5-15,17,20-21,24,27-29H2,1-2,4H3. The lowest BCUT2D eigenvalue weighted by Crippen LogP contribution is -2.40. The fraction of sp³-hybridized carbons (Fsp3) is 0.676. The number of hydrogen-bond acceptors (Lipinski definition) is 4. The molecule has 4 nitrogen and oxygen atoms in total. The van der Waals surface area contributed by atoms with Gasteiger partial charge in [-0.3, -0.25) is 0 Å². The van der Waals surface area contributed by atoms with Crippen molar-refractivity contribution in [1.82, 2.24) is 9.80 Å². The maximum Gasteiger partial charge on any atom is 0.333 e. The second-order valence-corrected chi connectivity index (χ2v) is 11.7. The maximum absolute atomic E-state index is 11.8. The number of rotatable bonds is 22. The Morgan fingerprint density at radius 2 is 1.34 bits per heavy atom. The van der Waals surface area contributed by atoms with Crippen LogP contribution in [-0.2, 0) is 16.1 Å². The highest BCUT2D eigenvalue weighted by atomic mass is 16.5. The number of nitrogens with zero attached hydrogens (tertiary/aromatic N) is 2. The molecule has 1 aromatic rings. The third-order valence-electron chi connectivity index (χ3n) is 7.60. The maximum atomic E-state index is 11.8. The molecule has 2 rings (SSSR count). The van der Waals surface area contributed by atoms with E-state index in [-0.39, 0.29) is 5.97 Å². The molecule has 1 aromatic carbocycles. The SMILES string of the molecule is C=C(C)C(=O)OCCN1C=CN(Cc2ccccc2)C1CCCCCCCCCCCCCCCC(C)C. The van der Waals surface area contributed by atoms with Crippen molar-refractivity contribution >= 4 is 5.97 Å². The lowest BCUT2D eigenvalue weighted by atomic mass is 10.0. The minimum atomic E-state index is -0.303. The summed E-state index contributed by atoms with van der Waals surface area (Å²) in [6.45, 7) is 12.0. The average Bonchev–Trinajstić information content (AvgIpc) is 3.27. The van der Waals surface area contributed by atoms with Crippen molar-refractivity contribution in [3.63, 3.8) is 0 Å². The van der Waals surface area contributed by atoms with Crippen LogP contribution in [0.1, 0.15) is 123 Å². The molecule has 0 bridgehead atoms. The number of benzene rings is 1. The van der Waals surface area contributed by atoms with Gasteiger partial charge in [-0.05, 0) is 31.2 Å². The Labute approximate surface area is 234 Å². The predicted molar refractivity (Wildman–Crippen MR) is 161 cm³/mol. The van der Waals surface area contributed by atoms with Gasteiger partial charge in [0.15, 0.2) is 0 Å². The number of esters is 1. The van der Waals surface area contributed by atoms with Crippen LogP contribution >= 0.6 is 0 Å². The van der Waals surface area contributed by atoms with E-state index in [9.17, 15) is 4.79 Å². The lowest BCUT2D eigenvalue weighted by Gasteiger charge is -2.33. The molecule has 1 aliphatic rings. The topological polar surface area (TPSA) is 32.8 Å². The van der Waals surface area contributed by atoms with Crippen molar-refractivity contribution in [2.24, 2.45) is 5.92 Å². The lowest BCUT2D eigenvalue weighted by molar-refractivity contribution is -0.139. The third kappa shape index (κ3) is 14.1. The molecule has 38 heavy (non-hydrogen) atoms. The first kappa shape index (κ1) is 32.0. The van der Waals surface area contributed by atoms with Gasteiger partial charge in [-0.1, -0.05) is 134 Å². The molecule has 0 amide bonds. The average molecular weight is 525 g/mol. The van der Waals surface area contributed by atoms with Crippen molar-refractivity contribution < 1.29 is 9.53 Å². The van der Waals surface area contributed by atoms with E-state index in [4.69, 9.17) is 4.74 Å². The normalized spacial score (nSPS) is 15.0. The van der Waals surface area contributed by atoms with Gasteiger partial charge < -0.3 is 14.5 Å². The third-order valence-corrected chi connectivity index (χ3v) is 7.60. The van der Waals surface area contributed by atoms with Crippen molar-refractivity contribution in [2.45, 2.75) is 130 Å². The van der Waals surface area contributed by atoms with E-state index in [0.717, 1.165) is 18.9 Å². The van der Waals surface area contributed by atoms with Gasteiger partial charge in [0.05, 0.1) is 6.54 Å². The summed E-state index contributed by atoms with van der Waals surface area (Å²) >= 11 is 0. The number of carbonyl (C=O) groups is 1. The quantitative estimate of drug-likeness (QED) is 0.0859. The van der Waals surface area contributed by atoms with E-state index in [1.807, 2.05) is 0 Å². The van der Waals surface area contributed by atoms with Crippen molar-refractivity contribution in [1.29, 1.82) is 0 Å². The van der Waals surface area contributed by atoms with Crippen LogP contribution < -0.4 is 0 Å². The summed E-state index contributed by atoms with van der Waals surface area (Å²) in [6, 6.07) is 10.7. The Bertz CT molecular complexity index is 789. The van der Waals surface area contributed by atoms with Crippen molar-refractivity contribution in [2.75, 3.05) is 13.2 Å². The Balaban J connectivity index is 1.58. The van der Waals surface area contributed by atoms with Gasteiger partial charge in [0.25, 0.3) is 0 Å². The molecule has 1 unspecified atom stereocenters. The molecule has 1 aliphatic heterocycles. The number of carbonyl (C=O) groups excluding carboxylic acids is 1. The van der Waals surface area contributed by atoms with Crippen molar-refractivity contribution in [3.05, 3.63) is 60.4 Å². The molecule has 0 saturated carbocycles. The molecule has 0 saturated heterocycles. The zero-order chi connectivity index (χ0) is 27.4. The fourth-order valence-electron chi connectivity index (χ4n) is 5.26. The van der Waals surface area contributed by atoms with E-state index in [0.29, 0.717) is 24.9 Å². The minimum Gasteiger partial charge on any atom is -0.460 e. The van der Waals surface area contributed by atoms with Gasteiger partial charge >= 0.3 is 5.97 Å². The molecule has 0 spiro atoms. The Morgan fingerprint density at radius 1 is 0.816 bits per heavy atom. The molecule has 1 heterocycles. The number of unbranched alkanes of at least 4 members (excludes halogenated alkanes) is 12. The van der Waals surface area contributed by atoms with E-state index in [2.05, 4.69) is 73.0 Å². The van der Waals surface area contributed by atoms with E-state index in [1.54, 1.807) is 6.92 Å². The van der Waals surface area contributed by atoms with Gasteiger partial charge in [0, 0.05) is 24.5 Å².